The van der Waals surface area contributed by atoms with Crippen molar-refractivity contribution in [3.05, 3.63) is 87.9 Å². The van der Waals surface area contributed by atoms with Gasteiger partial charge in [-0.05, 0) is 49.7 Å². The third-order valence-electron chi connectivity index (χ3n) is 6.25. The molecular weight excluding hydrogens is 561 g/mol. The third-order valence-corrected chi connectivity index (χ3v) is 8.75. The van der Waals surface area contributed by atoms with Crippen molar-refractivity contribution >= 4 is 50.7 Å². The number of rotatable bonds is 11. The molecule has 0 radical (unpaired) electrons. The molecule has 0 bridgehead atoms. The summed E-state index contributed by atoms with van der Waals surface area (Å²) in [5.41, 5.74) is 1.56. The average molecular weight is 593 g/mol. The van der Waals surface area contributed by atoms with Crippen molar-refractivity contribution in [3.63, 3.8) is 0 Å². The van der Waals surface area contributed by atoms with Crippen LogP contribution in [-0.2, 0) is 26.2 Å². The molecule has 1 N–H and O–H groups in total. The topological polar surface area (TPSA) is 96.0 Å². The van der Waals surface area contributed by atoms with E-state index in [0.29, 0.717) is 21.4 Å². The van der Waals surface area contributed by atoms with Crippen molar-refractivity contribution in [1.29, 1.82) is 0 Å². The Labute approximate surface area is 239 Å². The first-order valence-corrected chi connectivity index (χ1v) is 14.4. The first-order chi connectivity index (χ1) is 18.5. The van der Waals surface area contributed by atoms with Crippen molar-refractivity contribution in [2.75, 3.05) is 25.0 Å². The van der Waals surface area contributed by atoms with Crippen LogP contribution in [0.25, 0.3) is 0 Å². The van der Waals surface area contributed by atoms with Crippen LogP contribution in [0.3, 0.4) is 0 Å². The fraction of sp³-hybridized carbons (Fsp3) is 0.286. The number of likely N-dealkylation sites (N-methyl/N-ethyl adjacent to an activating group) is 1. The quantitative estimate of drug-likeness (QED) is 0.336. The summed E-state index contributed by atoms with van der Waals surface area (Å²) in [6.45, 7) is 2.93. The highest BCUT2D eigenvalue weighted by atomic mass is 35.5. The van der Waals surface area contributed by atoms with Crippen molar-refractivity contribution in [3.8, 4) is 5.75 Å². The van der Waals surface area contributed by atoms with Gasteiger partial charge in [0.2, 0.25) is 11.8 Å². The summed E-state index contributed by atoms with van der Waals surface area (Å²) < 4.78 is 34.1. The normalized spacial score (nSPS) is 11.9. The maximum absolute atomic E-state index is 14.0. The molecule has 8 nitrogen and oxygen atoms in total. The lowest BCUT2D eigenvalue weighted by molar-refractivity contribution is -0.140. The number of hydrogen-bond acceptors (Lipinski definition) is 5. The molecule has 1 atom stereocenters. The number of sulfonamides is 1. The van der Waals surface area contributed by atoms with E-state index in [-0.39, 0.29) is 23.5 Å². The first-order valence-electron chi connectivity index (χ1n) is 12.2. The lowest BCUT2D eigenvalue weighted by atomic mass is 10.1. The standard InChI is InChI=1S/C28H31Cl2N3O5S/c1-5-26(28(35)31-3)32(17-23-24(29)10-7-11-25(23)30)27(34)18-33(20-8-6-9-21(16-20)38-4)39(36,37)22-14-12-19(2)13-15-22/h6-16,26H,5,17-18H2,1-4H3,(H,31,35). The number of ether oxygens (including phenoxy) is 1. The Morgan fingerprint density at radius 2 is 1.62 bits per heavy atom. The SMILES string of the molecule is CCC(C(=O)NC)N(Cc1c(Cl)cccc1Cl)C(=O)CN(c1cccc(OC)c1)S(=O)(=O)c1ccc(C)cc1. The molecule has 3 rings (SSSR count). The number of nitrogens with one attached hydrogen (secondary N) is 1. The minimum atomic E-state index is -4.19. The smallest absolute Gasteiger partial charge is 0.264 e. The summed E-state index contributed by atoms with van der Waals surface area (Å²) in [4.78, 5) is 28.1. The number of carbonyl (C=O) groups is 2. The summed E-state index contributed by atoms with van der Waals surface area (Å²) in [6.07, 6.45) is 0.275. The Hall–Kier alpha value is -3.27. The number of hydrogen-bond donors (Lipinski definition) is 1. The van der Waals surface area contributed by atoms with Gasteiger partial charge in [0, 0.05) is 35.3 Å². The molecule has 208 valence electrons. The molecule has 3 aromatic carbocycles. The van der Waals surface area contributed by atoms with Gasteiger partial charge in [0.05, 0.1) is 17.7 Å². The average Bonchev–Trinajstić information content (AvgIpc) is 2.92. The van der Waals surface area contributed by atoms with E-state index in [4.69, 9.17) is 27.9 Å². The molecule has 0 aliphatic carbocycles. The Morgan fingerprint density at radius 3 is 2.18 bits per heavy atom. The van der Waals surface area contributed by atoms with Gasteiger partial charge in [-0.15, -0.1) is 0 Å². The largest absolute Gasteiger partial charge is 0.497 e. The van der Waals surface area contributed by atoms with Crippen LogP contribution in [0.2, 0.25) is 10.0 Å². The lowest BCUT2D eigenvalue weighted by Gasteiger charge is -2.33. The molecule has 0 aliphatic heterocycles. The molecule has 39 heavy (non-hydrogen) atoms. The van der Waals surface area contributed by atoms with Gasteiger partial charge in [0.15, 0.2) is 0 Å². The zero-order valence-electron chi connectivity index (χ0n) is 22.1. The molecule has 1 unspecified atom stereocenters. The van der Waals surface area contributed by atoms with Gasteiger partial charge in [0.25, 0.3) is 10.0 Å². The van der Waals surface area contributed by atoms with E-state index < -0.39 is 34.4 Å². The second-order valence-electron chi connectivity index (χ2n) is 8.79. The maximum atomic E-state index is 14.0. The minimum Gasteiger partial charge on any atom is -0.497 e. The Balaban J connectivity index is 2.11. The highest BCUT2D eigenvalue weighted by molar-refractivity contribution is 7.92. The van der Waals surface area contributed by atoms with Crippen LogP contribution in [0.4, 0.5) is 5.69 Å². The first kappa shape index (κ1) is 30.3. The Morgan fingerprint density at radius 1 is 1.00 bits per heavy atom. The number of amides is 2. The van der Waals surface area contributed by atoms with Gasteiger partial charge < -0.3 is 15.0 Å². The number of carbonyl (C=O) groups excluding carboxylic acids is 2. The van der Waals surface area contributed by atoms with Gasteiger partial charge in [-0.2, -0.15) is 0 Å². The Bertz CT molecular complexity index is 1410. The van der Waals surface area contributed by atoms with E-state index in [1.165, 1.54) is 37.3 Å². The summed E-state index contributed by atoms with van der Waals surface area (Å²) in [7, 11) is -1.26. The second kappa shape index (κ2) is 13.2. The summed E-state index contributed by atoms with van der Waals surface area (Å²) in [5.74, 6) is -0.594. The molecule has 0 aliphatic rings. The third kappa shape index (κ3) is 7.03. The zero-order chi connectivity index (χ0) is 28.7. The maximum Gasteiger partial charge on any atom is 0.264 e. The van der Waals surface area contributed by atoms with Gasteiger partial charge in [0.1, 0.15) is 18.3 Å². The summed E-state index contributed by atoms with van der Waals surface area (Å²) >= 11 is 12.8. The van der Waals surface area contributed by atoms with Crippen LogP contribution in [0.5, 0.6) is 5.75 Å². The molecule has 0 heterocycles. The molecule has 0 saturated heterocycles. The van der Waals surface area contributed by atoms with E-state index in [1.54, 1.807) is 55.5 Å². The van der Waals surface area contributed by atoms with Gasteiger partial charge >= 0.3 is 0 Å². The predicted octanol–water partition coefficient (Wildman–Crippen LogP) is 5.06. The molecular formula is C28H31Cl2N3O5S. The van der Waals surface area contributed by atoms with Gasteiger partial charge in [-0.25, -0.2) is 8.42 Å². The van der Waals surface area contributed by atoms with Crippen LogP contribution in [0.15, 0.2) is 71.6 Å². The molecule has 0 spiro atoms. The van der Waals surface area contributed by atoms with Crippen LogP contribution in [0, 0.1) is 6.92 Å². The number of nitrogens with zero attached hydrogens (tertiary/aromatic N) is 2. The highest BCUT2D eigenvalue weighted by Crippen LogP contribution is 2.30. The van der Waals surface area contributed by atoms with Crippen LogP contribution >= 0.6 is 23.2 Å². The highest BCUT2D eigenvalue weighted by Gasteiger charge is 2.34. The minimum absolute atomic E-state index is 0.0164. The molecule has 11 heteroatoms. The van der Waals surface area contributed by atoms with E-state index in [2.05, 4.69) is 5.32 Å². The molecule has 0 fully saturated rings. The van der Waals surface area contributed by atoms with Crippen molar-refractivity contribution in [1.82, 2.24) is 10.2 Å². The summed E-state index contributed by atoms with van der Waals surface area (Å²) in [6, 6.07) is 16.8. The van der Waals surface area contributed by atoms with Gasteiger partial charge in [-0.1, -0.05) is 60.0 Å². The van der Waals surface area contributed by atoms with Crippen LogP contribution in [-0.4, -0.2) is 51.9 Å². The molecule has 0 aromatic heterocycles. The van der Waals surface area contributed by atoms with Crippen molar-refractivity contribution < 1.29 is 22.7 Å². The van der Waals surface area contributed by atoms with E-state index in [0.717, 1.165) is 9.87 Å². The molecule has 2 amide bonds. The zero-order valence-corrected chi connectivity index (χ0v) is 24.5. The van der Waals surface area contributed by atoms with Crippen molar-refractivity contribution in [2.24, 2.45) is 0 Å². The number of methoxy groups -OCH3 is 1. The van der Waals surface area contributed by atoms with E-state index in [9.17, 15) is 18.0 Å². The number of aryl methyl sites for hydroxylation is 1. The fourth-order valence-electron chi connectivity index (χ4n) is 4.07. The van der Waals surface area contributed by atoms with Crippen LogP contribution < -0.4 is 14.4 Å². The monoisotopic (exact) mass is 591 g/mol. The van der Waals surface area contributed by atoms with Gasteiger partial charge in [-0.3, -0.25) is 13.9 Å². The van der Waals surface area contributed by atoms with E-state index in [1.807, 2.05) is 6.92 Å². The Kier molecular flexibility index (Phi) is 10.2. The second-order valence-corrected chi connectivity index (χ2v) is 11.5. The number of halogens is 2. The lowest BCUT2D eigenvalue weighted by Crippen LogP contribution is -2.51. The van der Waals surface area contributed by atoms with Crippen LogP contribution in [0.1, 0.15) is 24.5 Å². The van der Waals surface area contributed by atoms with E-state index >= 15 is 0 Å². The number of anilines is 1. The van der Waals surface area contributed by atoms with Crippen molar-refractivity contribution in [2.45, 2.75) is 37.8 Å². The number of benzene rings is 3. The molecule has 3 aromatic rings. The molecule has 0 saturated carbocycles. The summed E-state index contributed by atoms with van der Waals surface area (Å²) in [5, 5.41) is 3.23. The fourth-order valence-corrected chi connectivity index (χ4v) is 5.99. The predicted molar refractivity (Wildman–Crippen MR) is 154 cm³/mol.